The molecule has 2 aliphatic heterocycles. The molecule has 0 bridgehead atoms. The van der Waals surface area contributed by atoms with Crippen molar-refractivity contribution in [3.8, 4) is 17.2 Å². The third-order valence-corrected chi connectivity index (χ3v) is 7.46. The van der Waals surface area contributed by atoms with Crippen molar-refractivity contribution in [1.29, 1.82) is 0 Å². The van der Waals surface area contributed by atoms with Crippen LogP contribution in [0.1, 0.15) is 17.2 Å². The summed E-state index contributed by atoms with van der Waals surface area (Å²) in [6.45, 7) is 0. The Morgan fingerprint density at radius 3 is 2.24 bits per heavy atom. The Labute approximate surface area is 219 Å². The van der Waals surface area contributed by atoms with Crippen LogP contribution in [-0.2, 0) is 20.8 Å². The molecule has 2 fully saturated rings. The summed E-state index contributed by atoms with van der Waals surface area (Å²) in [5.74, 6) is -3.21. The summed E-state index contributed by atoms with van der Waals surface area (Å²) in [6, 6.07) is 20.1. The number of nitrogens with one attached hydrogen (secondary N) is 1. The molecule has 5 rings (SSSR count). The molecule has 0 saturated carbocycles. The number of ether oxygens (including phenoxy) is 3. The lowest BCUT2D eigenvalue weighted by molar-refractivity contribution is -0.148. The molecule has 2 saturated heterocycles. The second-order valence-corrected chi connectivity index (χ2v) is 9.36. The van der Waals surface area contributed by atoms with Crippen LogP contribution in [-0.4, -0.2) is 49.8 Å². The zero-order chi connectivity index (χ0) is 27.0. The zero-order valence-corrected chi connectivity index (χ0v) is 21.2. The fourth-order valence-electron chi connectivity index (χ4n) is 5.75. The maximum absolute atomic E-state index is 14.1. The van der Waals surface area contributed by atoms with E-state index >= 15 is 0 Å². The van der Waals surface area contributed by atoms with Gasteiger partial charge in [-0.05, 0) is 23.8 Å². The number of rotatable bonds is 8. The molecule has 0 aliphatic carbocycles. The molecular weight excluding hydrogens is 488 g/mol. The highest BCUT2D eigenvalue weighted by Gasteiger charge is 2.69. The normalized spacial score (nSPS) is 24.3. The number of para-hydroxylation sites is 2. The number of nitrogens with zero attached hydrogens (tertiary/aromatic N) is 1. The van der Waals surface area contributed by atoms with Gasteiger partial charge in [0, 0.05) is 24.1 Å². The monoisotopic (exact) mass is 516 g/mol. The Kier molecular flexibility index (Phi) is 6.54. The van der Waals surface area contributed by atoms with Crippen LogP contribution in [0.3, 0.4) is 0 Å². The highest BCUT2D eigenvalue weighted by Crippen LogP contribution is 2.53. The van der Waals surface area contributed by atoms with Gasteiger partial charge < -0.3 is 19.3 Å². The Morgan fingerprint density at radius 1 is 0.895 bits per heavy atom. The molecule has 3 aromatic carbocycles. The predicted octanol–water partition coefficient (Wildman–Crippen LogP) is 3.23. The van der Waals surface area contributed by atoms with Gasteiger partial charge in [-0.1, -0.05) is 48.5 Å². The van der Waals surface area contributed by atoms with Gasteiger partial charge >= 0.3 is 5.97 Å². The first-order chi connectivity index (χ1) is 18.4. The van der Waals surface area contributed by atoms with Crippen molar-refractivity contribution in [2.45, 2.75) is 18.0 Å². The van der Waals surface area contributed by atoms with Crippen molar-refractivity contribution >= 4 is 23.5 Å². The van der Waals surface area contributed by atoms with Crippen molar-refractivity contribution in [3.63, 3.8) is 0 Å². The van der Waals surface area contributed by atoms with Gasteiger partial charge in [-0.3, -0.25) is 19.7 Å². The molecule has 196 valence electrons. The topological polar surface area (TPSA) is 114 Å². The summed E-state index contributed by atoms with van der Waals surface area (Å²) in [5.41, 5.74) is -0.202. The van der Waals surface area contributed by atoms with E-state index in [9.17, 15) is 19.5 Å². The van der Waals surface area contributed by atoms with E-state index in [-0.39, 0.29) is 12.1 Å². The number of amides is 2. The minimum absolute atomic E-state index is 0.00189. The zero-order valence-electron chi connectivity index (χ0n) is 21.2. The maximum Gasteiger partial charge on any atom is 0.325 e. The number of carboxylic acid groups (broad SMARTS) is 1. The smallest absolute Gasteiger partial charge is 0.325 e. The fraction of sp³-hybridized carbons (Fsp3) is 0.276. The third-order valence-electron chi connectivity index (χ3n) is 7.46. The number of anilines is 1. The summed E-state index contributed by atoms with van der Waals surface area (Å²) in [7, 11) is 4.47. The molecule has 0 unspecified atom stereocenters. The van der Waals surface area contributed by atoms with Crippen LogP contribution in [0.4, 0.5) is 5.69 Å². The number of imide groups is 1. The van der Waals surface area contributed by atoms with Crippen LogP contribution in [0, 0.1) is 11.8 Å². The van der Waals surface area contributed by atoms with E-state index in [4.69, 9.17) is 14.2 Å². The number of carbonyl (C=O) groups excluding carboxylic acids is 2. The van der Waals surface area contributed by atoms with Gasteiger partial charge in [0.1, 0.15) is 22.8 Å². The third kappa shape index (κ3) is 3.86. The number of benzene rings is 3. The maximum atomic E-state index is 14.1. The Hall–Kier alpha value is -4.37. The van der Waals surface area contributed by atoms with Gasteiger partial charge in [0.15, 0.2) is 0 Å². The molecule has 0 radical (unpaired) electrons. The van der Waals surface area contributed by atoms with Crippen LogP contribution in [0.25, 0.3) is 0 Å². The van der Waals surface area contributed by atoms with Gasteiger partial charge in [-0.2, -0.15) is 0 Å². The van der Waals surface area contributed by atoms with Crippen molar-refractivity contribution < 1.29 is 33.7 Å². The standard InChI is InChI=1S/C29H28N2O7/c1-36-18-13-14-19(22(15-18)38-3)25-23-24(29(30-25,28(34)35)16-17-9-5-4-6-10-17)27(33)31(26(23)32)20-11-7-8-12-21(20)37-2/h4-15,23-25,30H,16H2,1-3H3,(H,34,35)/t23-,24+,25-,29-/m0/s1. The molecule has 2 N–H and O–H groups in total. The summed E-state index contributed by atoms with van der Waals surface area (Å²) < 4.78 is 16.4. The molecule has 0 spiro atoms. The number of fused-ring (bicyclic) bond motifs is 1. The van der Waals surface area contributed by atoms with Crippen LogP contribution in [0.2, 0.25) is 0 Å². The number of carboxylic acids is 1. The van der Waals surface area contributed by atoms with Gasteiger partial charge in [-0.25, -0.2) is 4.90 Å². The second-order valence-electron chi connectivity index (χ2n) is 9.36. The second kappa shape index (κ2) is 9.83. The number of hydrogen-bond acceptors (Lipinski definition) is 7. The SMILES string of the molecule is COc1ccc([C@@H]2N[C@](Cc3ccccc3)(C(=O)O)[C@H]3C(=O)N(c4ccccc4OC)C(=O)[C@H]23)c(OC)c1. The van der Waals surface area contributed by atoms with Gasteiger partial charge in [0.05, 0.1) is 38.9 Å². The predicted molar refractivity (Wildman–Crippen MR) is 138 cm³/mol. The van der Waals surface area contributed by atoms with Crippen molar-refractivity contribution in [2.24, 2.45) is 11.8 Å². The van der Waals surface area contributed by atoms with Crippen LogP contribution in [0.15, 0.2) is 72.8 Å². The first-order valence-electron chi connectivity index (χ1n) is 12.1. The number of hydrogen-bond donors (Lipinski definition) is 2. The quantitative estimate of drug-likeness (QED) is 0.439. The molecule has 2 aliphatic rings. The van der Waals surface area contributed by atoms with Crippen LogP contribution < -0.4 is 24.4 Å². The highest BCUT2D eigenvalue weighted by atomic mass is 16.5. The van der Waals surface area contributed by atoms with E-state index in [0.717, 1.165) is 10.5 Å². The molecule has 38 heavy (non-hydrogen) atoms. The summed E-state index contributed by atoms with van der Waals surface area (Å²) in [4.78, 5) is 42.4. The van der Waals surface area contributed by atoms with Crippen molar-refractivity contribution in [2.75, 3.05) is 26.2 Å². The molecule has 9 nitrogen and oxygen atoms in total. The van der Waals surface area contributed by atoms with Gasteiger partial charge in [0.25, 0.3) is 0 Å². The Balaban J connectivity index is 1.70. The molecule has 2 heterocycles. The summed E-state index contributed by atoms with van der Waals surface area (Å²) in [5, 5.41) is 13.9. The van der Waals surface area contributed by atoms with Crippen molar-refractivity contribution in [3.05, 3.63) is 83.9 Å². The molecule has 9 heteroatoms. The lowest BCUT2D eigenvalue weighted by Crippen LogP contribution is -2.57. The molecular formula is C29H28N2O7. The molecule has 2 amide bonds. The van der Waals surface area contributed by atoms with E-state index in [1.54, 1.807) is 42.5 Å². The number of methoxy groups -OCH3 is 3. The summed E-state index contributed by atoms with van der Waals surface area (Å²) >= 11 is 0. The number of carbonyl (C=O) groups is 3. The number of aliphatic carboxylic acids is 1. The van der Waals surface area contributed by atoms with E-state index in [2.05, 4.69) is 5.32 Å². The van der Waals surface area contributed by atoms with E-state index in [0.29, 0.717) is 22.8 Å². The van der Waals surface area contributed by atoms with E-state index in [1.807, 2.05) is 30.3 Å². The lowest BCUT2D eigenvalue weighted by Gasteiger charge is -2.31. The minimum atomic E-state index is -1.76. The van der Waals surface area contributed by atoms with Crippen molar-refractivity contribution in [1.82, 2.24) is 5.32 Å². The summed E-state index contributed by atoms with van der Waals surface area (Å²) in [6.07, 6.45) is -0.00189. The first-order valence-corrected chi connectivity index (χ1v) is 12.1. The fourth-order valence-corrected chi connectivity index (χ4v) is 5.75. The molecule has 3 aromatic rings. The average Bonchev–Trinajstić information content (AvgIpc) is 3.42. The molecule has 4 atom stereocenters. The van der Waals surface area contributed by atoms with E-state index < -0.39 is 41.2 Å². The van der Waals surface area contributed by atoms with E-state index in [1.165, 1.54) is 21.3 Å². The Bertz CT molecular complexity index is 1390. The average molecular weight is 517 g/mol. The lowest BCUT2D eigenvalue weighted by atomic mass is 9.76. The largest absolute Gasteiger partial charge is 0.497 e. The molecule has 0 aromatic heterocycles. The van der Waals surface area contributed by atoms with Gasteiger partial charge in [0.2, 0.25) is 11.8 Å². The van der Waals surface area contributed by atoms with Gasteiger partial charge in [-0.15, -0.1) is 0 Å². The minimum Gasteiger partial charge on any atom is -0.497 e. The highest BCUT2D eigenvalue weighted by molar-refractivity contribution is 6.25. The van der Waals surface area contributed by atoms with Crippen LogP contribution in [0.5, 0.6) is 17.2 Å². The first kappa shape index (κ1) is 25.3. The Morgan fingerprint density at radius 2 is 1.58 bits per heavy atom. The van der Waals surface area contributed by atoms with Crippen LogP contribution >= 0.6 is 0 Å².